The zero-order valence-corrected chi connectivity index (χ0v) is 22.3. The van der Waals surface area contributed by atoms with Crippen molar-refractivity contribution >= 4 is 37.8 Å². The molecule has 2 amide bonds. The number of carbonyl (C=O) groups excluding carboxylic acids is 2. The fraction of sp³-hybridized carbons (Fsp3) is 0.462. The Morgan fingerprint density at radius 3 is 2.26 bits per heavy atom. The van der Waals surface area contributed by atoms with Gasteiger partial charge in [0.1, 0.15) is 0 Å². The van der Waals surface area contributed by atoms with Crippen LogP contribution < -0.4 is 10.6 Å². The Kier molecular flexibility index (Phi) is 8.29. The number of amides is 2. The van der Waals surface area contributed by atoms with Crippen LogP contribution in [0.4, 0.5) is 0 Å². The van der Waals surface area contributed by atoms with Crippen LogP contribution >= 0.6 is 15.9 Å². The Morgan fingerprint density at radius 2 is 1.57 bits per heavy atom. The number of carbonyl (C=O) groups is 2. The van der Waals surface area contributed by atoms with Crippen molar-refractivity contribution in [3.63, 3.8) is 0 Å². The highest BCUT2D eigenvalue weighted by Gasteiger charge is 2.35. The molecule has 1 aliphatic carbocycles. The number of rotatable bonds is 6. The number of piperidine rings is 1. The molecule has 2 N–H and O–H groups in total. The van der Waals surface area contributed by atoms with Crippen LogP contribution in [0, 0.1) is 12.8 Å². The van der Waals surface area contributed by atoms with Gasteiger partial charge in [-0.15, -0.1) is 0 Å². The lowest BCUT2D eigenvalue weighted by molar-refractivity contribution is -0.127. The number of sulfonamides is 1. The third-order valence-corrected chi connectivity index (χ3v) is 9.41. The highest BCUT2D eigenvalue weighted by molar-refractivity contribution is 9.10. The topological polar surface area (TPSA) is 95.6 Å². The van der Waals surface area contributed by atoms with E-state index in [2.05, 4.69) is 26.6 Å². The highest BCUT2D eigenvalue weighted by atomic mass is 79.9. The molecule has 4 rings (SSSR count). The standard InChI is InChI=1S/C26H32BrN3O4S/c1-18-7-2-3-9-22(18)26(32)29-24-11-5-4-10-23(24)28-25(31)19-8-6-16-30(17-19)35(33,34)21-14-12-20(27)13-15-21/h2-3,7,9,12-15,19,23-24H,4-6,8,10-11,16-17H2,1H3,(H,28,31)(H,29,32)/t19-,23+,24+/m0/s1. The molecule has 1 saturated carbocycles. The first-order chi connectivity index (χ1) is 16.8. The smallest absolute Gasteiger partial charge is 0.251 e. The summed E-state index contributed by atoms with van der Waals surface area (Å²) < 4.78 is 28.5. The maximum Gasteiger partial charge on any atom is 0.251 e. The number of nitrogens with one attached hydrogen (secondary N) is 2. The summed E-state index contributed by atoms with van der Waals surface area (Å²) in [6.45, 7) is 2.48. The van der Waals surface area contributed by atoms with Crippen LogP contribution in [0.25, 0.3) is 0 Å². The normalized spacial score (nSPS) is 23.4. The molecule has 0 bridgehead atoms. The summed E-state index contributed by atoms with van der Waals surface area (Å²) >= 11 is 3.33. The summed E-state index contributed by atoms with van der Waals surface area (Å²) in [4.78, 5) is 26.3. The van der Waals surface area contributed by atoms with Crippen LogP contribution in [-0.2, 0) is 14.8 Å². The van der Waals surface area contributed by atoms with E-state index < -0.39 is 15.9 Å². The molecule has 0 radical (unpaired) electrons. The van der Waals surface area contributed by atoms with Crippen LogP contribution in [0.15, 0.2) is 57.9 Å². The average Bonchev–Trinajstić information content (AvgIpc) is 2.86. The van der Waals surface area contributed by atoms with E-state index in [4.69, 9.17) is 0 Å². The second-order valence-corrected chi connectivity index (χ2v) is 12.3. The van der Waals surface area contributed by atoms with Gasteiger partial charge >= 0.3 is 0 Å². The van der Waals surface area contributed by atoms with Gasteiger partial charge in [0.15, 0.2) is 0 Å². The van der Waals surface area contributed by atoms with Gasteiger partial charge in [-0.1, -0.05) is 47.0 Å². The van der Waals surface area contributed by atoms with Crippen LogP contribution in [-0.4, -0.2) is 49.7 Å². The fourth-order valence-corrected chi connectivity index (χ4v) is 6.77. The Labute approximate surface area is 215 Å². The van der Waals surface area contributed by atoms with E-state index in [1.54, 1.807) is 24.3 Å². The molecular weight excluding hydrogens is 530 g/mol. The summed E-state index contributed by atoms with van der Waals surface area (Å²) in [6.07, 6.45) is 4.84. The second-order valence-electron chi connectivity index (χ2n) is 9.45. The van der Waals surface area contributed by atoms with E-state index >= 15 is 0 Å². The first-order valence-corrected chi connectivity index (χ1v) is 14.4. The molecule has 1 aliphatic heterocycles. The van der Waals surface area contributed by atoms with Crippen molar-refractivity contribution in [2.75, 3.05) is 13.1 Å². The molecule has 2 fully saturated rings. The highest BCUT2D eigenvalue weighted by Crippen LogP contribution is 2.26. The number of halogens is 1. The predicted molar refractivity (Wildman–Crippen MR) is 138 cm³/mol. The summed E-state index contributed by atoms with van der Waals surface area (Å²) in [5.74, 6) is -0.676. The number of hydrogen-bond donors (Lipinski definition) is 2. The van der Waals surface area contributed by atoms with Crippen LogP contribution in [0.1, 0.15) is 54.4 Å². The van der Waals surface area contributed by atoms with Gasteiger partial charge in [0.2, 0.25) is 15.9 Å². The van der Waals surface area contributed by atoms with Crippen molar-refractivity contribution in [1.82, 2.24) is 14.9 Å². The van der Waals surface area contributed by atoms with Gasteiger partial charge < -0.3 is 10.6 Å². The Morgan fingerprint density at radius 1 is 0.914 bits per heavy atom. The van der Waals surface area contributed by atoms with Crippen molar-refractivity contribution in [2.24, 2.45) is 5.92 Å². The zero-order chi connectivity index (χ0) is 25.0. The maximum atomic E-state index is 13.2. The van der Waals surface area contributed by atoms with E-state index in [0.717, 1.165) is 35.7 Å². The molecule has 35 heavy (non-hydrogen) atoms. The SMILES string of the molecule is Cc1ccccc1C(=O)N[C@@H]1CCCC[C@H]1NC(=O)[C@H]1CCCN(S(=O)(=O)c2ccc(Br)cc2)C1. The molecule has 0 spiro atoms. The Balaban J connectivity index is 1.40. The van der Waals surface area contributed by atoms with E-state index in [-0.39, 0.29) is 35.3 Å². The lowest BCUT2D eigenvalue weighted by Crippen LogP contribution is -2.55. The number of hydrogen-bond acceptors (Lipinski definition) is 4. The third-order valence-electron chi connectivity index (χ3n) is 7.01. The lowest BCUT2D eigenvalue weighted by atomic mass is 9.89. The summed E-state index contributed by atoms with van der Waals surface area (Å²) in [6, 6.07) is 13.7. The predicted octanol–water partition coefficient (Wildman–Crippen LogP) is 4.02. The van der Waals surface area contributed by atoms with Gasteiger partial charge in [-0.05, 0) is 68.5 Å². The molecule has 2 aliphatic rings. The minimum absolute atomic E-state index is 0.126. The number of aryl methyl sites for hydroxylation is 1. The van der Waals surface area contributed by atoms with E-state index in [1.807, 2.05) is 31.2 Å². The maximum absolute atomic E-state index is 13.2. The van der Waals surface area contributed by atoms with Crippen LogP contribution in [0.2, 0.25) is 0 Å². The number of benzene rings is 2. The van der Waals surface area contributed by atoms with Gasteiger partial charge in [-0.25, -0.2) is 8.42 Å². The van der Waals surface area contributed by atoms with Gasteiger partial charge in [-0.3, -0.25) is 9.59 Å². The monoisotopic (exact) mass is 561 g/mol. The van der Waals surface area contributed by atoms with Crippen molar-refractivity contribution in [2.45, 2.75) is 62.4 Å². The molecular formula is C26H32BrN3O4S. The van der Waals surface area contributed by atoms with Crippen molar-refractivity contribution in [3.8, 4) is 0 Å². The molecule has 2 aromatic rings. The fourth-order valence-electron chi connectivity index (χ4n) is 4.98. The minimum atomic E-state index is -3.66. The molecule has 1 heterocycles. The molecule has 7 nitrogen and oxygen atoms in total. The van der Waals surface area contributed by atoms with Gasteiger partial charge in [0.05, 0.1) is 10.8 Å². The molecule has 2 aromatic carbocycles. The van der Waals surface area contributed by atoms with Crippen molar-refractivity contribution in [3.05, 3.63) is 64.1 Å². The summed E-state index contributed by atoms with van der Waals surface area (Å²) in [5, 5.41) is 6.28. The number of nitrogens with zero attached hydrogens (tertiary/aromatic N) is 1. The summed E-state index contributed by atoms with van der Waals surface area (Å²) in [5.41, 5.74) is 1.56. The van der Waals surface area contributed by atoms with Crippen molar-refractivity contribution < 1.29 is 18.0 Å². The first-order valence-electron chi connectivity index (χ1n) is 12.2. The molecule has 3 atom stereocenters. The Hall–Kier alpha value is -2.23. The molecule has 188 valence electrons. The minimum Gasteiger partial charge on any atom is -0.351 e. The van der Waals surface area contributed by atoms with Gasteiger partial charge in [0.25, 0.3) is 5.91 Å². The first kappa shape index (κ1) is 25.9. The summed E-state index contributed by atoms with van der Waals surface area (Å²) in [7, 11) is -3.66. The molecule has 9 heteroatoms. The zero-order valence-electron chi connectivity index (χ0n) is 19.9. The van der Waals surface area contributed by atoms with Gasteiger partial charge in [0, 0.05) is 35.2 Å². The van der Waals surface area contributed by atoms with Crippen LogP contribution in [0.3, 0.4) is 0 Å². The second kappa shape index (κ2) is 11.2. The molecule has 0 unspecified atom stereocenters. The Bertz CT molecular complexity index is 1170. The third kappa shape index (κ3) is 6.13. The average molecular weight is 563 g/mol. The van der Waals surface area contributed by atoms with E-state index in [9.17, 15) is 18.0 Å². The van der Waals surface area contributed by atoms with E-state index in [1.165, 1.54) is 4.31 Å². The molecule has 0 aromatic heterocycles. The lowest BCUT2D eigenvalue weighted by Gasteiger charge is -2.36. The largest absolute Gasteiger partial charge is 0.351 e. The molecule has 1 saturated heterocycles. The van der Waals surface area contributed by atoms with Crippen LogP contribution in [0.5, 0.6) is 0 Å². The quantitative estimate of drug-likeness (QED) is 0.556. The van der Waals surface area contributed by atoms with Crippen molar-refractivity contribution in [1.29, 1.82) is 0 Å². The van der Waals surface area contributed by atoms with E-state index in [0.29, 0.717) is 24.9 Å². The van der Waals surface area contributed by atoms with Gasteiger partial charge in [-0.2, -0.15) is 4.31 Å².